The molecule has 3 aliphatic rings. The van der Waals surface area contributed by atoms with E-state index >= 15 is 0 Å². The van der Waals surface area contributed by atoms with Gasteiger partial charge in [-0.2, -0.15) is 13.2 Å². The molecule has 0 spiro atoms. The van der Waals surface area contributed by atoms with Crippen molar-refractivity contribution in [1.29, 1.82) is 0 Å². The number of amides is 3. The molecule has 57 heavy (non-hydrogen) atoms. The van der Waals surface area contributed by atoms with Crippen molar-refractivity contribution in [3.05, 3.63) is 64.2 Å². The summed E-state index contributed by atoms with van der Waals surface area (Å²) in [5.41, 5.74) is -0.774. The highest BCUT2D eigenvalue weighted by Gasteiger charge is 2.44. The normalized spacial score (nSPS) is 18.8. The molecule has 14 nitrogen and oxygen atoms in total. The minimum absolute atomic E-state index is 0.0430. The first kappa shape index (κ1) is 42.2. The fraction of sp³-hybridized carbons (Fsp3) is 0.590. The van der Waals surface area contributed by atoms with Gasteiger partial charge in [-0.05, 0) is 94.0 Å². The van der Waals surface area contributed by atoms with E-state index in [1.54, 1.807) is 46.2 Å². The summed E-state index contributed by atoms with van der Waals surface area (Å²) in [6.07, 6.45) is -1.17. The number of halogens is 3. The van der Waals surface area contributed by atoms with E-state index in [1.165, 1.54) is 22.7 Å². The van der Waals surface area contributed by atoms with Gasteiger partial charge < -0.3 is 30.0 Å². The summed E-state index contributed by atoms with van der Waals surface area (Å²) in [4.78, 5) is 47.0. The number of alkyl carbamates (subject to hydrolysis) is 1. The van der Waals surface area contributed by atoms with Gasteiger partial charge in [-0.15, -0.1) is 22.0 Å². The second-order valence-corrected chi connectivity index (χ2v) is 17.4. The molecule has 2 saturated heterocycles. The fourth-order valence-corrected chi connectivity index (χ4v) is 8.01. The van der Waals surface area contributed by atoms with E-state index in [2.05, 4.69) is 38.0 Å². The summed E-state index contributed by atoms with van der Waals surface area (Å²) in [6, 6.07) is 5.67. The van der Waals surface area contributed by atoms with Crippen LogP contribution in [-0.4, -0.2) is 98.7 Å². The molecule has 6 rings (SSSR count). The third kappa shape index (κ3) is 10.4. The zero-order valence-electron chi connectivity index (χ0n) is 33.3. The molecule has 18 heteroatoms. The lowest BCUT2D eigenvalue weighted by Crippen LogP contribution is -2.49. The first-order chi connectivity index (χ1) is 26.9. The van der Waals surface area contributed by atoms with Crippen molar-refractivity contribution in [1.82, 2.24) is 35.3 Å². The first-order valence-electron chi connectivity index (χ1n) is 19.2. The SMILES string of the molecule is C[C@H]1CCCN(Cc2cc3c(c(C(F)(F)F)c2)CN(c2cc(C4(Cc5nncn5C)COC4)cc(NCCSCNC(=O)[C@H](C)NC(=O)OC(C)(C)C)n2)C3=O)C1. The molecule has 3 aliphatic heterocycles. The Morgan fingerprint density at radius 2 is 1.93 bits per heavy atom. The molecule has 2 aromatic heterocycles. The summed E-state index contributed by atoms with van der Waals surface area (Å²) >= 11 is 1.44. The number of nitrogens with one attached hydrogen (secondary N) is 3. The molecule has 0 unspecified atom stereocenters. The Kier molecular flexibility index (Phi) is 12.7. The topological polar surface area (TPSA) is 156 Å². The molecule has 1 aromatic carbocycles. The van der Waals surface area contributed by atoms with E-state index in [4.69, 9.17) is 14.5 Å². The number of anilines is 2. The highest BCUT2D eigenvalue weighted by Crippen LogP contribution is 2.42. The van der Waals surface area contributed by atoms with Crippen LogP contribution in [0.1, 0.15) is 85.9 Å². The van der Waals surface area contributed by atoms with Crippen molar-refractivity contribution < 1.29 is 37.0 Å². The number of benzene rings is 1. The van der Waals surface area contributed by atoms with Gasteiger partial charge in [-0.25, -0.2) is 9.78 Å². The van der Waals surface area contributed by atoms with Crippen LogP contribution in [0.2, 0.25) is 0 Å². The predicted octanol–water partition coefficient (Wildman–Crippen LogP) is 5.26. The number of likely N-dealkylation sites (tertiary alicyclic amines) is 1. The molecule has 2 atom stereocenters. The van der Waals surface area contributed by atoms with Gasteiger partial charge >= 0.3 is 12.3 Å². The van der Waals surface area contributed by atoms with Crippen LogP contribution in [-0.2, 0) is 52.4 Å². The Balaban J connectivity index is 1.19. The van der Waals surface area contributed by atoms with Gasteiger partial charge in [0.25, 0.3) is 5.91 Å². The van der Waals surface area contributed by atoms with Gasteiger partial charge in [0, 0.05) is 49.8 Å². The Labute approximate surface area is 335 Å². The lowest BCUT2D eigenvalue weighted by Gasteiger charge is -2.42. The van der Waals surface area contributed by atoms with Crippen molar-refractivity contribution in [2.45, 2.75) is 90.2 Å². The monoisotopic (exact) mass is 815 g/mol. The van der Waals surface area contributed by atoms with Crippen LogP contribution in [0.4, 0.5) is 29.6 Å². The van der Waals surface area contributed by atoms with Crippen LogP contribution >= 0.6 is 11.8 Å². The fourth-order valence-electron chi connectivity index (χ4n) is 7.37. The van der Waals surface area contributed by atoms with E-state index in [-0.39, 0.29) is 35.3 Å². The van der Waals surface area contributed by atoms with Gasteiger partial charge in [-0.3, -0.25) is 19.4 Å². The Hall–Kier alpha value is -4.42. The number of aromatic nitrogens is 4. The van der Waals surface area contributed by atoms with Crippen molar-refractivity contribution in [2.75, 3.05) is 54.7 Å². The third-order valence-electron chi connectivity index (χ3n) is 10.3. The summed E-state index contributed by atoms with van der Waals surface area (Å²) < 4.78 is 56.7. The number of hydrogen-bond acceptors (Lipinski definition) is 11. The number of piperidine rings is 1. The molecule has 3 N–H and O–H groups in total. The van der Waals surface area contributed by atoms with Crippen LogP contribution < -0.4 is 20.9 Å². The number of nitrogens with zero attached hydrogens (tertiary/aromatic N) is 6. The number of ether oxygens (including phenoxy) is 2. The standard InChI is InChI=1S/C39H52F3N9O5S/c1-24-8-7-10-50(17-24)18-26-12-28-29(30(13-26)39(40,41)42)19-51(35(28)53)32-15-27(38(20-55-21-38)16-33-48-45-22-49(33)6)14-31(47-32)43-9-11-57-23-44-34(52)25(2)46-36(54)56-37(3,4)5/h12-15,22,24-25H,7-11,16-21,23H2,1-6H3,(H,43,47)(H,44,52)(H,46,54)/t24-,25-/m0/s1. The number of rotatable bonds is 14. The number of fused-ring (bicyclic) bond motifs is 1. The second kappa shape index (κ2) is 17.2. The van der Waals surface area contributed by atoms with Gasteiger partial charge in [0.15, 0.2) is 0 Å². The van der Waals surface area contributed by atoms with Gasteiger partial charge in [0.2, 0.25) is 5.91 Å². The highest BCUT2D eigenvalue weighted by atomic mass is 32.2. The summed E-state index contributed by atoms with van der Waals surface area (Å²) in [5.74, 6) is 1.77. The minimum Gasteiger partial charge on any atom is -0.444 e. The molecule has 5 heterocycles. The van der Waals surface area contributed by atoms with Crippen LogP contribution in [0.3, 0.4) is 0 Å². The Morgan fingerprint density at radius 1 is 1.16 bits per heavy atom. The van der Waals surface area contributed by atoms with E-state index in [9.17, 15) is 27.6 Å². The van der Waals surface area contributed by atoms with Crippen LogP contribution in [0, 0.1) is 5.92 Å². The zero-order valence-corrected chi connectivity index (χ0v) is 34.1. The van der Waals surface area contributed by atoms with Crippen molar-refractivity contribution in [3.8, 4) is 0 Å². The van der Waals surface area contributed by atoms with Crippen LogP contribution in [0.15, 0.2) is 30.6 Å². The number of carbonyl (C=O) groups is 3. The lowest BCUT2D eigenvalue weighted by molar-refractivity contribution is -0.138. The van der Waals surface area contributed by atoms with Crippen LogP contribution in [0.25, 0.3) is 0 Å². The number of hydrogen-bond donors (Lipinski definition) is 3. The van der Waals surface area contributed by atoms with Crippen molar-refractivity contribution >= 4 is 41.3 Å². The molecule has 0 bridgehead atoms. The van der Waals surface area contributed by atoms with Gasteiger partial charge in [0.05, 0.1) is 31.2 Å². The van der Waals surface area contributed by atoms with E-state index in [0.717, 1.165) is 37.3 Å². The van der Waals surface area contributed by atoms with Gasteiger partial charge in [-0.1, -0.05) is 6.92 Å². The smallest absolute Gasteiger partial charge is 0.416 e. The average Bonchev–Trinajstić information content (AvgIpc) is 3.67. The highest BCUT2D eigenvalue weighted by molar-refractivity contribution is 7.99. The summed E-state index contributed by atoms with van der Waals surface area (Å²) in [6.45, 7) is 11.7. The summed E-state index contributed by atoms with van der Waals surface area (Å²) in [7, 11) is 1.85. The Morgan fingerprint density at radius 3 is 2.58 bits per heavy atom. The number of carbonyl (C=O) groups excluding carboxylic acids is 3. The largest absolute Gasteiger partial charge is 0.444 e. The minimum atomic E-state index is -4.65. The molecular weight excluding hydrogens is 764 g/mol. The van der Waals surface area contributed by atoms with Crippen molar-refractivity contribution in [2.24, 2.45) is 13.0 Å². The maximum Gasteiger partial charge on any atom is 0.416 e. The molecule has 310 valence electrons. The van der Waals surface area contributed by atoms with E-state index < -0.39 is 40.8 Å². The van der Waals surface area contributed by atoms with E-state index in [0.29, 0.717) is 55.8 Å². The average molecular weight is 816 g/mol. The van der Waals surface area contributed by atoms with Gasteiger partial charge in [0.1, 0.15) is 35.4 Å². The van der Waals surface area contributed by atoms with Crippen LogP contribution in [0.5, 0.6) is 0 Å². The predicted molar refractivity (Wildman–Crippen MR) is 210 cm³/mol. The molecule has 0 aliphatic carbocycles. The number of aryl methyl sites for hydroxylation is 1. The first-order valence-corrected chi connectivity index (χ1v) is 20.4. The number of thioether (sulfide) groups is 1. The Bertz CT molecular complexity index is 1950. The summed E-state index contributed by atoms with van der Waals surface area (Å²) in [5, 5.41) is 16.9. The molecular formula is C39H52F3N9O5S. The molecule has 0 saturated carbocycles. The third-order valence-corrected chi connectivity index (χ3v) is 11.2. The second-order valence-electron chi connectivity index (χ2n) is 16.3. The maximum atomic E-state index is 14.6. The number of alkyl halides is 3. The number of pyridine rings is 1. The lowest BCUT2D eigenvalue weighted by atomic mass is 9.75. The zero-order chi connectivity index (χ0) is 41.1. The van der Waals surface area contributed by atoms with Crippen molar-refractivity contribution in [3.63, 3.8) is 0 Å². The quantitative estimate of drug-likeness (QED) is 0.144. The molecule has 3 aromatic rings. The molecule has 0 radical (unpaired) electrons. The molecule has 3 amide bonds. The molecule has 2 fully saturated rings. The maximum absolute atomic E-state index is 14.6. The van der Waals surface area contributed by atoms with E-state index in [1.807, 2.05) is 17.7 Å².